The van der Waals surface area contributed by atoms with E-state index < -0.39 is 11.5 Å². The van der Waals surface area contributed by atoms with Gasteiger partial charge in [-0.05, 0) is 35.9 Å². The Morgan fingerprint density at radius 3 is 2.52 bits per heavy atom. The lowest BCUT2D eigenvalue weighted by atomic mass is 9.71. The van der Waals surface area contributed by atoms with Gasteiger partial charge in [0.1, 0.15) is 5.54 Å². The molecule has 0 radical (unpaired) electrons. The molecule has 1 heterocycles. The number of ketones is 1. The van der Waals surface area contributed by atoms with Crippen molar-refractivity contribution in [2.24, 2.45) is 5.92 Å². The van der Waals surface area contributed by atoms with Gasteiger partial charge in [0.05, 0.1) is 6.07 Å². The van der Waals surface area contributed by atoms with Crippen LogP contribution in [0.25, 0.3) is 0 Å². The van der Waals surface area contributed by atoms with Crippen molar-refractivity contribution in [3.05, 3.63) is 59.2 Å². The number of allylic oxidation sites excluding steroid dienone is 2. The van der Waals surface area contributed by atoms with Crippen molar-refractivity contribution >= 4 is 23.3 Å². The molecule has 1 fully saturated rings. The Morgan fingerprint density at radius 1 is 1.24 bits per heavy atom. The molecule has 1 aromatic carbocycles. The Labute approximate surface area is 126 Å². The summed E-state index contributed by atoms with van der Waals surface area (Å²) in [7, 11) is 0. The molecule has 1 spiro atoms. The lowest BCUT2D eigenvalue weighted by molar-refractivity contribution is -0.156. The van der Waals surface area contributed by atoms with Crippen LogP contribution >= 0.6 is 11.6 Å². The molecule has 1 saturated heterocycles. The minimum absolute atomic E-state index is 0.144. The molecule has 5 heteroatoms. The van der Waals surface area contributed by atoms with Crippen molar-refractivity contribution in [3.8, 4) is 6.07 Å². The summed E-state index contributed by atoms with van der Waals surface area (Å²) in [6.45, 7) is 0.305. The molecule has 3 rings (SSSR count). The van der Waals surface area contributed by atoms with Crippen molar-refractivity contribution < 1.29 is 9.59 Å². The Morgan fingerprint density at radius 2 is 1.90 bits per heavy atom. The average Bonchev–Trinajstić information content (AvgIpc) is 2.49. The normalized spacial score (nSPS) is 22.3. The van der Waals surface area contributed by atoms with E-state index in [1.807, 2.05) is 24.3 Å². The topological polar surface area (TPSA) is 61.2 Å². The van der Waals surface area contributed by atoms with E-state index in [4.69, 9.17) is 11.6 Å². The number of benzene rings is 1. The molecule has 2 aliphatic rings. The third kappa shape index (κ3) is 1.98. The first kappa shape index (κ1) is 13.6. The van der Waals surface area contributed by atoms with Crippen LogP contribution in [0.5, 0.6) is 0 Å². The fourth-order valence-electron chi connectivity index (χ4n) is 2.72. The standard InChI is InChI=1S/C16H11ClN2O2/c17-14-4-2-1-3-11(14)10-19-15(21)13(9-18)16(19)7-5-12(20)6-8-16/h1-8,13H,10H2. The van der Waals surface area contributed by atoms with Gasteiger partial charge in [0.2, 0.25) is 5.91 Å². The zero-order valence-electron chi connectivity index (χ0n) is 11.0. The van der Waals surface area contributed by atoms with Gasteiger partial charge in [0, 0.05) is 11.6 Å². The smallest absolute Gasteiger partial charge is 0.244 e. The number of likely N-dealkylation sites (tertiary alicyclic amines) is 1. The van der Waals surface area contributed by atoms with Crippen LogP contribution in [0.2, 0.25) is 5.02 Å². The first-order chi connectivity index (χ1) is 10.1. The van der Waals surface area contributed by atoms with Crippen LogP contribution in [0.4, 0.5) is 0 Å². The summed E-state index contributed by atoms with van der Waals surface area (Å²) in [5, 5.41) is 9.77. The van der Waals surface area contributed by atoms with E-state index in [2.05, 4.69) is 0 Å². The molecule has 1 atom stereocenters. The minimum atomic E-state index is -0.834. The van der Waals surface area contributed by atoms with Crippen LogP contribution in [-0.2, 0) is 16.1 Å². The molecule has 1 amide bonds. The lowest BCUT2D eigenvalue weighted by Gasteiger charge is -2.52. The second kappa shape index (κ2) is 4.87. The van der Waals surface area contributed by atoms with E-state index in [-0.39, 0.29) is 11.7 Å². The fraction of sp³-hybridized carbons (Fsp3) is 0.188. The Bertz CT molecular complexity index is 714. The van der Waals surface area contributed by atoms with Gasteiger partial charge in [-0.1, -0.05) is 29.8 Å². The predicted octanol–water partition coefficient (Wildman–Crippen LogP) is 2.26. The zero-order valence-corrected chi connectivity index (χ0v) is 11.7. The molecule has 1 aliphatic heterocycles. The summed E-state index contributed by atoms with van der Waals surface area (Å²) in [4.78, 5) is 25.0. The second-order valence-electron chi connectivity index (χ2n) is 5.03. The van der Waals surface area contributed by atoms with Crippen molar-refractivity contribution in [1.82, 2.24) is 4.90 Å². The lowest BCUT2D eigenvalue weighted by Crippen LogP contribution is -2.68. The molecular formula is C16H11ClN2O2. The molecule has 1 aromatic rings. The molecule has 1 unspecified atom stereocenters. The SMILES string of the molecule is N#CC1C(=O)N(Cc2ccccc2Cl)C12C=CC(=O)C=C2. The van der Waals surface area contributed by atoms with Gasteiger partial charge in [0.25, 0.3) is 0 Å². The molecule has 0 aromatic heterocycles. The molecule has 4 nitrogen and oxygen atoms in total. The summed E-state index contributed by atoms with van der Waals surface area (Å²) in [6.07, 6.45) is 6.05. The van der Waals surface area contributed by atoms with Crippen LogP contribution in [0.15, 0.2) is 48.6 Å². The van der Waals surface area contributed by atoms with E-state index in [1.165, 1.54) is 12.2 Å². The van der Waals surface area contributed by atoms with Gasteiger partial charge >= 0.3 is 0 Å². The average molecular weight is 299 g/mol. The fourth-order valence-corrected chi connectivity index (χ4v) is 2.91. The highest BCUT2D eigenvalue weighted by molar-refractivity contribution is 6.31. The van der Waals surface area contributed by atoms with E-state index in [1.54, 1.807) is 23.1 Å². The zero-order chi connectivity index (χ0) is 15.0. The monoisotopic (exact) mass is 298 g/mol. The molecule has 104 valence electrons. The predicted molar refractivity (Wildman–Crippen MR) is 77.1 cm³/mol. The van der Waals surface area contributed by atoms with Crippen LogP contribution in [0, 0.1) is 17.2 Å². The van der Waals surface area contributed by atoms with Gasteiger partial charge < -0.3 is 4.90 Å². The highest BCUT2D eigenvalue weighted by Gasteiger charge is 2.58. The van der Waals surface area contributed by atoms with E-state index in [0.717, 1.165) is 5.56 Å². The van der Waals surface area contributed by atoms with Gasteiger partial charge in [-0.2, -0.15) is 5.26 Å². The number of β-lactam (4-membered cyclic amide) rings is 1. The number of amides is 1. The van der Waals surface area contributed by atoms with Crippen LogP contribution < -0.4 is 0 Å². The van der Waals surface area contributed by atoms with Crippen molar-refractivity contribution in [2.45, 2.75) is 12.1 Å². The summed E-state index contributed by atoms with van der Waals surface area (Å²) in [5.41, 5.74) is -0.0270. The number of nitrogens with zero attached hydrogens (tertiary/aromatic N) is 2. The van der Waals surface area contributed by atoms with Crippen LogP contribution in [0.1, 0.15) is 5.56 Å². The first-order valence-corrected chi connectivity index (χ1v) is 6.83. The number of carbonyl (C=O) groups is 2. The number of hydrogen-bond donors (Lipinski definition) is 0. The number of halogens is 1. The Balaban J connectivity index is 1.95. The van der Waals surface area contributed by atoms with Gasteiger partial charge in [-0.15, -0.1) is 0 Å². The number of nitriles is 1. The first-order valence-electron chi connectivity index (χ1n) is 6.45. The molecule has 21 heavy (non-hydrogen) atoms. The number of rotatable bonds is 2. The maximum atomic E-state index is 12.2. The third-order valence-corrected chi connectivity index (χ3v) is 4.26. The van der Waals surface area contributed by atoms with Crippen molar-refractivity contribution in [2.75, 3.05) is 0 Å². The van der Waals surface area contributed by atoms with Crippen LogP contribution in [0.3, 0.4) is 0 Å². The maximum absolute atomic E-state index is 12.2. The van der Waals surface area contributed by atoms with Gasteiger partial charge in [-0.25, -0.2) is 0 Å². The Kier molecular flexibility index (Phi) is 3.15. The summed E-state index contributed by atoms with van der Waals surface area (Å²) >= 11 is 6.12. The van der Waals surface area contributed by atoms with Crippen molar-refractivity contribution in [3.63, 3.8) is 0 Å². The molecule has 0 bridgehead atoms. The summed E-state index contributed by atoms with van der Waals surface area (Å²) < 4.78 is 0. The highest BCUT2D eigenvalue weighted by Crippen LogP contribution is 2.43. The highest BCUT2D eigenvalue weighted by atomic mass is 35.5. The number of carbonyl (C=O) groups excluding carboxylic acids is 2. The van der Waals surface area contributed by atoms with Gasteiger partial charge in [0.15, 0.2) is 11.7 Å². The number of hydrogen-bond acceptors (Lipinski definition) is 3. The molecule has 0 N–H and O–H groups in total. The molecule has 0 saturated carbocycles. The summed E-state index contributed by atoms with van der Waals surface area (Å²) in [6, 6.07) is 9.27. The van der Waals surface area contributed by atoms with Gasteiger partial charge in [-0.3, -0.25) is 9.59 Å². The van der Waals surface area contributed by atoms with Crippen LogP contribution in [-0.4, -0.2) is 22.1 Å². The Hall–Kier alpha value is -2.38. The molecular weight excluding hydrogens is 288 g/mol. The third-order valence-electron chi connectivity index (χ3n) is 3.89. The van der Waals surface area contributed by atoms with E-state index in [9.17, 15) is 14.9 Å². The van der Waals surface area contributed by atoms with Crippen molar-refractivity contribution in [1.29, 1.82) is 5.26 Å². The largest absolute Gasteiger partial charge is 0.323 e. The molecule has 1 aliphatic carbocycles. The summed E-state index contributed by atoms with van der Waals surface area (Å²) in [5.74, 6) is -1.18. The van der Waals surface area contributed by atoms with E-state index in [0.29, 0.717) is 11.6 Å². The minimum Gasteiger partial charge on any atom is -0.323 e. The quantitative estimate of drug-likeness (QED) is 0.787. The second-order valence-corrected chi connectivity index (χ2v) is 5.44. The maximum Gasteiger partial charge on any atom is 0.244 e. The van der Waals surface area contributed by atoms with E-state index >= 15 is 0 Å².